The number of nitrogens with zero attached hydrogens (tertiary/aromatic N) is 7. The summed E-state index contributed by atoms with van der Waals surface area (Å²) >= 11 is 6.20. The first-order valence-electron chi connectivity index (χ1n) is 20.2. The molecule has 2 N–H and O–H groups in total. The standard InChI is InChI=1S/C42H46ClN9O6/c43-33-22-30(11-8-26(33)23-44)58-31-20-28-9-10-29(21-31)51(28)39(55)27-24-46-42(47-25-27)50-18-16-49(17-19-50)15-4-2-1-3-14-45-34-7-5-6-32-37(34)41(57)52(40(32)56)35-12-13-36(53)48-38(35)54/h5-8,11,22,24-25,28-29,31,35,45H,1-4,9-10,12-21H2,(H,48,53,54). The minimum atomic E-state index is -0.986. The summed E-state index contributed by atoms with van der Waals surface area (Å²) in [6.07, 6.45) is 10.9. The van der Waals surface area contributed by atoms with Crippen LogP contribution in [-0.2, 0) is 9.59 Å². The maximum Gasteiger partial charge on any atom is 0.264 e. The fourth-order valence-corrected chi connectivity index (χ4v) is 9.23. The van der Waals surface area contributed by atoms with Gasteiger partial charge in [0, 0.05) is 88.2 Å². The number of hydrogen-bond donors (Lipinski definition) is 2. The first kappa shape index (κ1) is 39.2. The van der Waals surface area contributed by atoms with Crippen LogP contribution in [0.2, 0.25) is 5.02 Å². The molecule has 3 aromatic rings. The van der Waals surface area contributed by atoms with Crippen molar-refractivity contribution in [1.29, 1.82) is 5.26 Å². The molecule has 16 heteroatoms. The van der Waals surface area contributed by atoms with E-state index < -0.39 is 29.7 Å². The van der Waals surface area contributed by atoms with E-state index in [4.69, 9.17) is 21.6 Å². The van der Waals surface area contributed by atoms with Gasteiger partial charge in [0.25, 0.3) is 17.7 Å². The number of aromatic nitrogens is 2. The van der Waals surface area contributed by atoms with Crippen LogP contribution in [0.4, 0.5) is 11.6 Å². The first-order chi connectivity index (χ1) is 28.2. The highest BCUT2D eigenvalue weighted by Gasteiger charge is 2.46. The molecule has 3 unspecified atom stereocenters. The first-order valence-corrected chi connectivity index (χ1v) is 20.6. The lowest BCUT2D eigenvalue weighted by Crippen LogP contribution is -2.54. The number of ether oxygens (including phenoxy) is 1. The normalized spacial score (nSPS) is 23.1. The second-order valence-electron chi connectivity index (χ2n) is 15.7. The summed E-state index contributed by atoms with van der Waals surface area (Å²) < 4.78 is 6.23. The Morgan fingerprint density at radius 1 is 0.931 bits per heavy atom. The van der Waals surface area contributed by atoms with E-state index in [-0.39, 0.29) is 48.1 Å². The third-order valence-electron chi connectivity index (χ3n) is 12.0. The monoisotopic (exact) mass is 807 g/mol. The molecule has 5 amide bonds. The third-order valence-corrected chi connectivity index (χ3v) is 12.3. The molecule has 4 fully saturated rings. The van der Waals surface area contributed by atoms with Crippen LogP contribution in [0, 0.1) is 11.3 Å². The van der Waals surface area contributed by atoms with E-state index in [0.717, 1.165) is 89.0 Å². The van der Waals surface area contributed by atoms with E-state index in [0.29, 0.717) is 40.1 Å². The second kappa shape index (κ2) is 17.1. The number of carbonyl (C=O) groups excluding carboxylic acids is 5. The van der Waals surface area contributed by atoms with Crippen molar-refractivity contribution in [2.24, 2.45) is 0 Å². The van der Waals surface area contributed by atoms with Crippen LogP contribution in [0.25, 0.3) is 0 Å². The average molecular weight is 808 g/mol. The minimum Gasteiger partial charge on any atom is -0.490 e. The molecule has 5 aliphatic rings. The number of carbonyl (C=O) groups is 5. The van der Waals surface area contributed by atoms with Crippen LogP contribution < -0.4 is 20.3 Å². The molecule has 0 spiro atoms. The van der Waals surface area contributed by atoms with Gasteiger partial charge in [0.15, 0.2) is 0 Å². The van der Waals surface area contributed by atoms with E-state index in [1.165, 1.54) is 0 Å². The Morgan fingerprint density at radius 2 is 1.67 bits per heavy atom. The lowest BCUT2D eigenvalue weighted by atomic mass is 9.98. The van der Waals surface area contributed by atoms with Gasteiger partial charge in [0.05, 0.1) is 27.3 Å². The Bertz CT molecular complexity index is 2120. The molecule has 0 aliphatic carbocycles. The van der Waals surface area contributed by atoms with Crippen LogP contribution in [0.15, 0.2) is 48.8 Å². The van der Waals surface area contributed by atoms with E-state index >= 15 is 0 Å². The molecular weight excluding hydrogens is 762 g/mol. The van der Waals surface area contributed by atoms with E-state index in [1.54, 1.807) is 48.8 Å². The number of unbranched alkanes of at least 4 members (excludes halogenated alkanes) is 3. The van der Waals surface area contributed by atoms with Gasteiger partial charge >= 0.3 is 0 Å². The highest BCUT2D eigenvalue weighted by molar-refractivity contribution is 6.31. The fourth-order valence-electron chi connectivity index (χ4n) is 9.02. The van der Waals surface area contributed by atoms with Gasteiger partial charge in [-0.2, -0.15) is 5.26 Å². The largest absolute Gasteiger partial charge is 0.490 e. The number of anilines is 2. The maximum atomic E-state index is 13.6. The highest BCUT2D eigenvalue weighted by Crippen LogP contribution is 2.39. The Morgan fingerprint density at radius 3 is 2.38 bits per heavy atom. The molecule has 6 heterocycles. The zero-order chi connectivity index (χ0) is 40.3. The molecule has 302 valence electrons. The number of piperazine rings is 1. The summed E-state index contributed by atoms with van der Waals surface area (Å²) in [5.41, 5.74) is 2.05. The highest BCUT2D eigenvalue weighted by atomic mass is 35.5. The van der Waals surface area contributed by atoms with Gasteiger partial charge < -0.3 is 19.9 Å². The summed E-state index contributed by atoms with van der Waals surface area (Å²) in [6.45, 7) is 5.07. The number of imide groups is 2. The average Bonchev–Trinajstić information content (AvgIpc) is 3.65. The van der Waals surface area contributed by atoms with Crippen LogP contribution in [0.3, 0.4) is 0 Å². The van der Waals surface area contributed by atoms with Gasteiger partial charge in [-0.3, -0.25) is 39.1 Å². The quantitative estimate of drug-likeness (QED) is 0.184. The topological polar surface area (TPSA) is 181 Å². The molecule has 8 rings (SSSR count). The molecule has 15 nitrogen and oxygen atoms in total. The van der Waals surface area contributed by atoms with Crippen molar-refractivity contribution in [3.8, 4) is 11.8 Å². The summed E-state index contributed by atoms with van der Waals surface area (Å²) in [5, 5.41) is 15.1. The smallest absolute Gasteiger partial charge is 0.264 e. The molecule has 0 saturated carbocycles. The summed E-state index contributed by atoms with van der Waals surface area (Å²) in [5.74, 6) is -0.792. The Kier molecular flexibility index (Phi) is 11.6. The van der Waals surface area contributed by atoms with Crippen molar-refractivity contribution in [2.45, 2.75) is 88.4 Å². The number of benzene rings is 2. The second-order valence-corrected chi connectivity index (χ2v) is 16.1. The minimum absolute atomic E-state index is 0.0281. The molecule has 2 bridgehead atoms. The zero-order valence-corrected chi connectivity index (χ0v) is 33.0. The van der Waals surface area contributed by atoms with Crippen LogP contribution in [-0.4, -0.2) is 118 Å². The number of hydrogen-bond acceptors (Lipinski definition) is 12. The maximum absolute atomic E-state index is 13.6. The number of piperidine rings is 2. The summed E-state index contributed by atoms with van der Waals surface area (Å²) in [4.78, 5) is 80.9. The van der Waals surface area contributed by atoms with E-state index in [9.17, 15) is 24.0 Å². The predicted molar refractivity (Wildman–Crippen MR) is 214 cm³/mol. The van der Waals surface area contributed by atoms with E-state index in [2.05, 4.69) is 36.5 Å². The molecule has 4 saturated heterocycles. The molecule has 2 aromatic carbocycles. The lowest BCUT2D eigenvalue weighted by molar-refractivity contribution is -0.136. The van der Waals surface area contributed by atoms with Crippen molar-refractivity contribution in [2.75, 3.05) is 49.5 Å². The molecule has 3 atom stereocenters. The van der Waals surface area contributed by atoms with Crippen molar-refractivity contribution in [3.63, 3.8) is 0 Å². The van der Waals surface area contributed by atoms with Crippen LogP contribution in [0.1, 0.15) is 101 Å². The van der Waals surface area contributed by atoms with Crippen molar-refractivity contribution >= 4 is 52.8 Å². The molecule has 1 aromatic heterocycles. The number of nitriles is 1. The lowest BCUT2D eigenvalue weighted by Gasteiger charge is -2.39. The summed E-state index contributed by atoms with van der Waals surface area (Å²) in [6, 6.07) is 11.5. The van der Waals surface area contributed by atoms with Gasteiger partial charge in [0.1, 0.15) is 24.0 Å². The molecular formula is C42H46ClN9O6. The van der Waals surface area contributed by atoms with Gasteiger partial charge in [-0.15, -0.1) is 0 Å². The Balaban J connectivity index is 0.732. The van der Waals surface area contributed by atoms with Crippen molar-refractivity contribution in [1.82, 2.24) is 30.0 Å². The molecule has 58 heavy (non-hydrogen) atoms. The fraction of sp³-hybridized carbons (Fsp3) is 0.476. The van der Waals surface area contributed by atoms with Crippen molar-refractivity contribution < 1.29 is 28.7 Å². The number of amides is 5. The van der Waals surface area contributed by atoms with Crippen LogP contribution in [0.5, 0.6) is 5.75 Å². The number of rotatable bonds is 13. The number of fused-ring (bicyclic) bond motifs is 3. The van der Waals surface area contributed by atoms with Gasteiger partial charge in [-0.1, -0.05) is 30.5 Å². The van der Waals surface area contributed by atoms with Crippen LogP contribution >= 0.6 is 11.6 Å². The number of halogens is 1. The SMILES string of the molecule is N#Cc1ccc(OC2CC3CCC(C2)N3C(=O)c2cnc(N3CCN(CCCCCCNc4cccc5c4C(=O)N(C4CCC(=O)NC4=O)C5=O)CC3)nc2)cc1Cl. The zero-order valence-electron chi connectivity index (χ0n) is 32.2. The van der Waals surface area contributed by atoms with Gasteiger partial charge in [0.2, 0.25) is 17.8 Å². The van der Waals surface area contributed by atoms with Crippen molar-refractivity contribution in [3.05, 3.63) is 76.1 Å². The Hall–Kier alpha value is -5.59. The third kappa shape index (κ3) is 8.08. The molecule has 5 aliphatic heterocycles. The van der Waals surface area contributed by atoms with Gasteiger partial charge in [-0.05, 0) is 62.9 Å². The van der Waals surface area contributed by atoms with E-state index in [1.807, 2.05) is 4.90 Å². The predicted octanol–water partition coefficient (Wildman–Crippen LogP) is 4.41. The number of nitrogens with one attached hydrogen (secondary N) is 2. The Labute approximate surface area is 341 Å². The molecule has 0 radical (unpaired) electrons. The summed E-state index contributed by atoms with van der Waals surface area (Å²) in [7, 11) is 0. The van der Waals surface area contributed by atoms with Gasteiger partial charge in [-0.25, -0.2) is 9.97 Å².